The average Bonchev–Trinajstić information content (AvgIpc) is 3.27. The molecule has 1 saturated heterocycles. The Balaban J connectivity index is 2.55. The standard InChI is InChI=1S/C51H102N2O9/c1-4-7-10-13-16-17-18-19-20-21-22-26-31-36-44(55)47(57)43(42-61-51-50(60)49(59)48(58)45(41-54)62-51)52-46(56)37-32-27-25-30-35-40-53(38-33-28-23-14-11-8-5-2)39-34-29-24-15-12-9-6-3/h43-45,47-51,54-55,57-60H,4-42H2,1-3H3,(H,52,56)/t43-,44+,45+,47-,48-,49-,50+,51-/m0/s1. The highest BCUT2D eigenvalue weighted by molar-refractivity contribution is 5.76. The first kappa shape index (κ1) is 59.1. The number of hydrogen-bond acceptors (Lipinski definition) is 10. The summed E-state index contributed by atoms with van der Waals surface area (Å²) >= 11 is 0. The number of amides is 1. The van der Waals surface area contributed by atoms with Crippen molar-refractivity contribution in [3.05, 3.63) is 0 Å². The maximum absolute atomic E-state index is 13.2. The molecule has 11 heteroatoms. The minimum atomic E-state index is -1.61. The monoisotopic (exact) mass is 887 g/mol. The molecule has 1 amide bonds. The third kappa shape index (κ3) is 30.3. The van der Waals surface area contributed by atoms with Crippen LogP contribution in [-0.2, 0) is 14.3 Å². The molecule has 0 bridgehead atoms. The molecule has 1 fully saturated rings. The van der Waals surface area contributed by atoms with Crippen molar-refractivity contribution >= 4 is 5.91 Å². The SMILES string of the molecule is CCCCCCCCCCCCCCC[C@@H](O)[C@@H](O)[C@H](CO[C@H]1O[C@H](CO)[C@H](O)[C@H](O)[C@H]1O)NC(=O)CCCCCCCN(CCCCCCCCC)CCCCCCCCC. The Morgan fingerprint density at radius 1 is 0.548 bits per heavy atom. The highest BCUT2D eigenvalue weighted by atomic mass is 16.7. The van der Waals surface area contributed by atoms with Gasteiger partial charge in [-0.05, 0) is 51.7 Å². The highest BCUT2D eigenvalue weighted by Crippen LogP contribution is 2.23. The summed E-state index contributed by atoms with van der Waals surface area (Å²) in [7, 11) is 0. The summed E-state index contributed by atoms with van der Waals surface area (Å²) in [6.45, 7) is 9.43. The highest BCUT2D eigenvalue weighted by Gasteiger charge is 2.44. The van der Waals surface area contributed by atoms with Gasteiger partial charge in [-0.15, -0.1) is 0 Å². The summed E-state index contributed by atoms with van der Waals surface area (Å²) in [5, 5.41) is 65.7. The number of nitrogens with zero attached hydrogens (tertiary/aromatic N) is 1. The second kappa shape index (κ2) is 41.5. The van der Waals surface area contributed by atoms with E-state index in [4.69, 9.17) is 9.47 Å². The normalized spacial score (nSPS) is 20.8. The van der Waals surface area contributed by atoms with E-state index >= 15 is 0 Å². The van der Waals surface area contributed by atoms with Gasteiger partial charge in [0.2, 0.25) is 5.91 Å². The summed E-state index contributed by atoms with van der Waals surface area (Å²) in [6.07, 6.45) is 30.4. The number of aliphatic hydroxyl groups excluding tert-OH is 6. The van der Waals surface area contributed by atoms with Gasteiger partial charge >= 0.3 is 0 Å². The van der Waals surface area contributed by atoms with Crippen LogP contribution in [0.4, 0.5) is 0 Å². The molecule has 1 aliphatic heterocycles. The average molecular weight is 887 g/mol. The third-order valence-electron chi connectivity index (χ3n) is 13.1. The van der Waals surface area contributed by atoms with Crippen molar-refractivity contribution in [1.82, 2.24) is 10.2 Å². The van der Waals surface area contributed by atoms with E-state index in [0.717, 1.165) is 51.5 Å². The first-order chi connectivity index (χ1) is 30.2. The van der Waals surface area contributed by atoms with Crippen molar-refractivity contribution in [2.24, 2.45) is 0 Å². The van der Waals surface area contributed by atoms with E-state index in [1.807, 2.05) is 0 Å². The van der Waals surface area contributed by atoms with Gasteiger partial charge in [-0.3, -0.25) is 4.79 Å². The number of ether oxygens (including phenoxy) is 2. The Kier molecular flexibility index (Phi) is 39.6. The quantitative estimate of drug-likeness (QED) is 0.0292. The van der Waals surface area contributed by atoms with Crippen molar-refractivity contribution in [3.63, 3.8) is 0 Å². The number of nitrogens with one attached hydrogen (secondary N) is 1. The first-order valence-electron chi connectivity index (χ1n) is 26.5. The van der Waals surface area contributed by atoms with E-state index < -0.39 is 55.6 Å². The summed E-state index contributed by atoms with van der Waals surface area (Å²) in [6, 6.07) is -0.995. The van der Waals surface area contributed by atoms with Gasteiger partial charge in [-0.1, -0.05) is 201 Å². The topological polar surface area (TPSA) is 172 Å². The molecule has 8 atom stereocenters. The molecule has 0 aromatic heterocycles. The lowest BCUT2D eigenvalue weighted by atomic mass is 9.98. The van der Waals surface area contributed by atoms with E-state index in [-0.39, 0.29) is 18.9 Å². The number of unbranched alkanes of at least 4 members (excludes halogenated alkanes) is 28. The lowest BCUT2D eigenvalue weighted by Gasteiger charge is -2.40. The summed E-state index contributed by atoms with van der Waals surface area (Å²) in [5.41, 5.74) is 0. The maximum Gasteiger partial charge on any atom is 0.220 e. The molecule has 1 rings (SSSR count). The molecule has 0 unspecified atom stereocenters. The molecule has 370 valence electrons. The predicted molar refractivity (Wildman–Crippen MR) is 254 cm³/mol. The largest absolute Gasteiger partial charge is 0.394 e. The molecule has 62 heavy (non-hydrogen) atoms. The van der Waals surface area contributed by atoms with Crippen molar-refractivity contribution < 1.29 is 44.9 Å². The number of carbonyl (C=O) groups excluding carboxylic acids is 1. The van der Waals surface area contributed by atoms with Crippen LogP contribution in [0.1, 0.15) is 239 Å². The lowest BCUT2D eigenvalue weighted by Crippen LogP contribution is -2.60. The predicted octanol–water partition coefficient (Wildman–Crippen LogP) is 9.63. The first-order valence-corrected chi connectivity index (χ1v) is 26.5. The minimum Gasteiger partial charge on any atom is -0.394 e. The van der Waals surface area contributed by atoms with Crippen LogP contribution in [0.2, 0.25) is 0 Å². The smallest absolute Gasteiger partial charge is 0.220 e. The molecule has 0 aliphatic carbocycles. The van der Waals surface area contributed by atoms with Gasteiger partial charge in [0.15, 0.2) is 6.29 Å². The van der Waals surface area contributed by atoms with Crippen LogP contribution >= 0.6 is 0 Å². The van der Waals surface area contributed by atoms with Crippen LogP contribution in [0.25, 0.3) is 0 Å². The van der Waals surface area contributed by atoms with Crippen LogP contribution in [0.15, 0.2) is 0 Å². The van der Waals surface area contributed by atoms with E-state index in [1.54, 1.807) is 0 Å². The molecule has 1 heterocycles. The van der Waals surface area contributed by atoms with Gasteiger partial charge in [0.05, 0.1) is 25.4 Å². The zero-order valence-electron chi connectivity index (χ0n) is 40.6. The molecule has 11 nitrogen and oxygen atoms in total. The van der Waals surface area contributed by atoms with Crippen LogP contribution in [0.3, 0.4) is 0 Å². The van der Waals surface area contributed by atoms with Crippen LogP contribution in [0.5, 0.6) is 0 Å². The van der Waals surface area contributed by atoms with Gasteiger partial charge in [0.25, 0.3) is 0 Å². The Bertz CT molecular complexity index is 960. The van der Waals surface area contributed by atoms with Gasteiger partial charge < -0.3 is 50.3 Å². The fraction of sp³-hybridized carbons (Fsp3) is 0.980. The number of carbonyl (C=O) groups is 1. The summed E-state index contributed by atoms with van der Waals surface area (Å²) in [5.74, 6) is -0.254. The van der Waals surface area contributed by atoms with E-state index in [0.29, 0.717) is 12.8 Å². The van der Waals surface area contributed by atoms with E-state index in [1.165, 1.54) is 167 Å². The zero-order chi connectivity index (χ0) is 45.5. The molecule has 7 N–H and O–H groups in total. The second-order valence-corrected chi connectivity index (χ2v) is 18.9. The number of aliphatic hydroxyl groups is 6. The van der Waals surface area contributed by atoms with Crippen molar-refractivity contribution in [3.8, 4) is 0 Å². The summed E-state index contributed by atoms with van der Waals surface area (Å²) < 4.78 is 11.2. The van der Waals surface area contributed by atoms with Gasteiger partial charge in [0.1, 0.15) is 30.5 Å². The molecule has 0 aromatic carbocycles. The minimum absolute atomic E-state index is 0.254. The van der Waals surface area contributed by atoms with Crippen molar-refractivity contribution in [2.75, 3.05) is 32.8 Å². The Morgan fingerprint density at radius 3 is 1.35 bits per heavy atom. The van der Waals surface area contributed by atoms with Crippen molar-refractivity contribution in [2.45, 2.75) is 288 Å². The molecular formula is C51H102N2O9. The molecule has 0 spiro atoms. The maximum atomic E-state index is 13.2. The molecule has 0 aromatic rings. The van der Waals surface area contributed by atoms with Crippen LogP contribution in [0, 0.1) is 0 Å². The fourth-order valence-corrected chi connectivity index (χ4v) is 8.79. The molecule has 0 saturated carbocycles. The molecule has 1 aliphatic rings. The molecular weight excluding hydrogens is 785 g/mol. The van der Waals surface area contributed by atoms with Gasteiger partial charge in [-0.2, -0.15) is 0 Å². The fourth-order valence-electron chi connectivity index (χ4n) is 8.79. The van der Waals surface area contributed by atoms with E-state index in [9.17, 15) is 35.4 Å². The van der Waals surface area contributed by atoms with Crippen LogP contribution < -0.4 is 5.32 Å². The third-order valence-corrected chi connectivity index (χ3v) is 13.1. The van der Waals surface area contributed by atoms with Crippen LogP contribution in [-0.4, -0.2) is 123 Å². The zero-order valence-corrected chi connectivity index (χ0v) is 40.6. The Hall–Kier alpha value is -0.890. The van der Waals surface area contributed by atoms with Crippen molar-refractivity contribution in [1.29, 1.82) is 0 Å². The molecule has 0 radical (unpaired) electrons. The summed E-state index contributed by atoms with van der Waals surface area (Å²) in [4.78, 5) is 15.9. The number of rotatable bonds is 45. The Labute approximate surface area is 380 Å². The Morgan fingerprint density at radius 2 is 0.935 bits per heavy atom. The van der Waals surface area contributed by atoms with Gasteiger partial charge in [-0.25, -0.2) is 0 Å². The van der Waals surface area contributed by atoms with E-state index in [2.05, 4.69) is 31.0 Å². The lowest BCUT2D eigenvalue weighted by molar-refractivity contribution is -0.303. The van der Waals surface area contributed by atoms with Gasteiger partial charge in [0, 0.05) is 6.42 Å². The second-order valence-electron chi connectivity index (χ2n) is 18.9. The number of hydrogen-bond donors (Lipinski definition) is 7.